The molecule has 0 aliphatic heterocycles. The molecule has 0 spiro atoms. The van der Waals surface area contributed by atoms with E-state index in [0.717, 1.165) is 5.56 Å². The average molecular weight is 369 g/mol. The van der Waals surface area contributed by atoms with Crippen molar-refractivity contribution in [3.63, 3.8) is 0 Å². The Bertz CT molecular complexity index is 685. The third kappa shape index (κ3) is 6.49. The van der Waals surface area contributed by atoms with Gasteiger partial charge in [-0.25, -0.2) is 8.42 Å². The number of sulfone groups is 1. The second-order valence-corrected chi connectivity index (χ2v) is 8.64. The van der Waals surface area contributed by atoms with Gasteiger partial charge < -0.3 is 9.64 Å². The lowest BCUT2D eigenvalue weighted by atomic mass is 10.2. The van der Waals surface area contributed by atoms with Crippen LogP contribution in [0.2, 0.25) is 0 Å². The van der Waals surface area contributed by atoms with E-state index in [2.05, 4.69) is 0 Å². The van der Waals surface area contributed by atoms with Crippen molar-refractivity contribution in [2.45, 2.75) is 58.0 Å². The minimum Gasteiger partial charge on any atom is -0.456 e. The summed E-state index contributed by atoms with van der Waals surface area (Å²) in [5, 5.41) is 0. The Kier molecular flexibility index (Phi) is 7.60. The van der Waals surface area contributed by atoms with Crippen LogP contribution in [0.1, 0.15) is 39.7 Å². The van der Waals surface area contributed by atoms with Crippen molar-refractivity contribution < 1.29 is 22.7 Å². The molecule has 0 saturated heterocycles. The number of nitrogens with zero attached hydrogens (tertiary/aromatic N) is 1. The van der Waals surface area contributed by atoms with Crippen molar-refractivity contribution in [2.75, 3.05) is 12.4 Å². The molecule has 0 N–H and O–H groups in total. The number of amides is 1. The molecule has 0 aliphatic rings. The van der Waals surface area contributed by atoms with Crippen LogP contribution in [-0.2, 0) is 24.2 Å². The molecule has 6 nitrogen and oxygen atoms in total. The van der Waals surface area contributed by atoms with Crippen LogP contribution in [0.15, 0.2) is 29.2 Å². The van der Waals surface area contributed by atoms with E-state index in [1.807, 2.05) is 34.6 Å². The van der Waals surface area contributed by atoms with E-state index in [1.165, 1.54) is 12.1 Å². The second kappa shape index (κ2) is 8.99. The number of carbonyl (C=O) groups excluding carboxylic acids is 2. The lowest BCUT2D eigenvalue weighted by molar-refractivity contribution is -0.153. The highest BCUT2D eigenvalue weighted by atomic mass is 32.2. The summed E-state index contributed by atoms with van der Waals surface area (Å²) in [6.07, 6.45) is -0.285. The fourth-order valence-electron chi connectivity index (χ4n) is 2.54. The van der Waals surface area contributed by atoms with Crippen LogP contribution < -0.4 is 0 Å². The number of hydrogen-bond donors (Lipinski definition) is 0. The molecule has 25 heavy (non-hydrogen) atoms. The first-order valence-electron chi connectivity index (χ1n) is 8.31. The summed E-state index contributed by atoms with van der Waals surface area (Å²) in [5.41, 5.74) is 0.955. The van der Waals surface area contributed by atoms with Gasteiger partial charge in [-0.05, 0) is 46.8 Å². The summed E-state index contributed by atoms with van der Waals surface area (Å²) in [6, 6.07) is 6.43. The highest BCUT2D eigenvalue weighted by Gasteiger charge is 2.22. The quantitative estimate of drug-likeness (QED) is 0.657. The Morgan fingerprint density at radius 1 is 1.04 bits per heavy atom. The minimum atomic E-state index is -3.55. The molecular weight excluding hydrogens is 342 g/mol. The number of ether oxygens (including phenoxy) is 1. The average Bonchev–Trinajstić information content (AvgIpc) is 2.50. The molecule has 0 aromatic heterocycles. The van der Waals surface area contributed by atoms with E-state index in [4.69, 9.17) is 4.74 Å². The van der Waals surface area contributed by atoms with Gasteiger partial charge in [-0.3, -0.25) is 9.59 Å². The van der Waals surface area contributed by atoms with E-state index in [0.29, 0.717) is 0 Å². The summed E-state index contributed by atoms with van der Waals surface area (Å²) >= 11 is 0. The molecule has 7 heteroatoms. The maximum Gasteiger partial charge on any atom is 0.307 e. The Labute approximate surface area is 150 Å². The highest BCUT2D eigenvalue weighted by Crippen LogP contribution is 2.13. The zero-order valence-corrected chi connectivity index (χ0v) is 16.3. The fourth-order valence-corrected chi connectivity index (χ4v) is 3.76. The monoisotopic (exact) mass is 369 g/mol. The molecule has 140 valence electrons. The zero-order valence-electron chi connectivity index (χ0n) is 15.5. The van der Waals surface area contributed by atoms with Gasteiger partial charge >= 0.3 is 5.97 Å². The Morgan fingerprint density at radius 2 is 1.56 bits per heavy atom. The summed E-state index contributed by atoms with van der Waals surface area (Å²) in [4.78, 5) is 25.7. The summed E-state index contributed by atoms with van der Waals surface area (Å²) in [5.74, 6) is -1.34. The van der Waals surface area contributed by atoms with E-state index in [1.54, 1.807) is 17.0 Å². The van der Waals surface area contributed by atoms with Crippen molar-refractivity contribution in [1.82, 2.24) is 4.90 Å². The lowest BCUT2D eigenvalue weighted by Gasteiger charge is -2.30. The van der Waals surface area contributed by atoms with Gasteiger partial charge in [0.15, 0.2) is 16.4 Å². The van der Waals surface area contributed by atoms with Gasteiger partial charge in [-0.15, -0.1) is 0 Å². The Balaban J connectivity index is 2.54. The molecule has 0 fully saturated rings. The third-order valence-corrected chi connectivity index (χ3v) is 5.44. The molecule has 0 saturated carbocycles. The first-order chi connectivity index (χ1) is 11.5. The van der Waals surface area contributed by atoms with Gasteiger partial charge in [-0.1, -0.05) is 17.7 Å². The SMILES string of the molecule is Cc1ccc(S(=O)(=O)CCC(=O)OCC(=O)N(C(C)C)C(C)C)cc1. The number of esters is 1. The molecule has 1 aromatic rings. The van der Waals surface area contributed by atoms with Gasteiger partial charge in [-0.2, -0.15) is 0 Å². The fraction of sp³-hybridized carbons (Fsp3) is 0.556. The summed E-state index contributed by atoms with van der Waals surface area (Å²) in [7, 11) is -3.55. The predicted octanol–water partition coefficient (Wildman–Crippen LogP) is 2.35. The topological polar surface area (TPSA) is 80.7 Å². The molecule has 0 atom stereocenters. The van der Waals surface area contributed by atoms with Crippen LogP contribution in [0, 0.1) is 6.92 Å². The molecular formula is C18H27NO5S. The van der Waals surface area contributed by atoms with Crippen molar-refractivity contribution in [3.05, 3.63) is 29.8 Å². The largest absolute Gasteiger partial charge is 0.456 e. The first-order valence-corrected chi connectivity index (χ1v) is 9.96. The molecule has 0 aliphatic carbocycles. The van der Waals surface area contributed by atoms with Crippen molar-refractivity contribution in [2.24, 2.45) is 0 Å². The van der Waals surface area contributed by atoms with E-state index < -0.39 is 15.8 Å². The number of rotatable bonds is 8. The Hall–Kier alpha value is -1.89. The third-order valence-electron chi connectivity index (χ3n) is 3.71. The van der Waals surface area contributed by atoms with Gasteiger partial charge in [0.1, 0.15) is 0 Å². The van der Waals surface area contributed by atoms with Crippen LogP contribution >= 0.6 is 0 Å². The minimum absolute atomic E-state index is 0.00637. The van der Waals surface area contributed by atoms with Crippen LogP contribution in [0.4, 0.5) is 0 Å². The van der Waals surface area contributed by atoms with Gasteiger partial charge in [0.2, 0.25) is 0 Å². The van der Waals surface area contributed by atoms with Crippen LogP contribution in [0.5, 0.6) is 0 Å². The molecule has 0 radical (unpaired) electrons. The number of benzene rings is 1. The van der Waals surface area contributed by atoms with Gasteiger partial charge in [0, 0.05) is 12.1 Å². The van der Waals surface area contributed by atoms with Crippen molar-refractivity contribution in [3.8, 4) is 0 Å². The van der Waals surface area contributed by atoms with E-state index in [9.17, 15) is 18.0 Å². The summed E-state index contributed by atoms with van der Waals surface area (Å²) < 4.78 is 29.3. The molecule has 0 unspecified atom stereocenters. The van der Waals surface area contributed by atoms with Crippen molar-refractivity contribution >= 4 is 21.7 Å². The molecule has 1 amide bonds. The molecule has 0 bridgehead atoms. The lowest BCUT2D eigenvalue weighted by Crippen LogP contribution is -2.44. The Morgan fingerprint density at radius 3 is 2.04 bits per heavy atom. The van der Waals surface area contributed by atoms with Crippen LogP contribution in [0.25, 0.3) is 0 Å². The summed E-state index contributed by atoms with van der Waals surface area (Å²) in [6.45, 7) is 9.02. The smallest absolute Gasteiger partial charge is 0.307 e. The predicted molar refractivity (Wildman–Crippen MR) is 95.9 cm³/mol. The van der Waals surface area contributed by atoms with Crippen LogP contribution in [0.3, 0.4) is 0 Å². The maximum absolute atomic E-state index is 12.2. The number of carbonyl (C=O) groups is 2. The van der Waals surface area contributed by atoms with E-state index >= 15 is 0 Å². The standard InChI is InChI=1S/C18H27NO5S/c1-13(2)19(14(3)4)17(20)12-24-18(21)10-11-25(22,23)16-8-6-15(5)7-9-16/h6-9,13-14H,10-12H2,1-5H3. The highest BCUT2D eigenvalue weighted by molar-refractivity contribution is 7.91. The molecule has 1 rings (SSSR count). The number of aryl methyl sites for hydroxylation is 1. The second-order valence-electron chi connectivity index (χ2n) is 6.53. The van der Waals surface area contributed by atoms with Gasteiger partial charge in [0.25, 0.3) is 5.91 Å². The van der Waals surface area contributed by atoms with Gasteiger partial charge in [0.05, 0.1) is 17.1 Å². The van der Waals surface area contributed by atoms with Crippen LogP contribution in [-0.4, -0.2) is 49.6 Å². The first kappa shape index (κ1) is 21.2. The molecule has 1 aromatic carbocycles. The van der Waals surface area contributed by atoms with Crippen molar-refractivity contribution in [1.29, 1.82) is 0 Å². The maximum atomic E-state index is 12.2. The zero-order chi connectivity index (χ0) is 19.2. The normalized spacial score (nSPS) is 11.6. The number of hydrogen-bond acceptors (Lipinski definition) is 5. The molecule has 0 heterocycles. The van der Waals surface area contributed by atoms with E-state index in [-0.39, 0.29) is 41.7 Å².